The summed E-state index contributed by atoms with van der Waals surface area (Å²) in [6.45, 7) is 0. The molecule has 106 valence electrons. The predicted octanol–water partition coefficient (Wildman–Crippen LogP) is 1.91. The summed E-state index contributed by atoms with van der Waals surface area (Å²) in [6.07, 6.45) is 7.73. The minimum absolute atomic E-state index is 0.292. The van der Waals surface area contributed by atoms with Gasteiger partial charge in [0.1, 0.15) is 5.82 Å². The Balaban J connectivity index is 1.84. The molecule has 0 aliphatic heterocycles. The van der Waals surface area contributed by atoms with Crippen LogP contribution in [0.25, 0.3) is 0 Å². The average molecular weight is 282 g/mol. The average Bonchev–Trinajstić information content (AvgIpc) is 2.76. The van der Waals surface area contributed by atoms with Crippen LogP contribution in [-0.2, 0) is 18.3 Å². The van der Waals surface area contributed by atoms with Crippen LogP contribution >= 0.6 is 11.8 Å². The maximum absolute atomic E-state index is 10.8. The van der Waals surface area contributed by atoms with Gasteiger partial charge >= 0.3 is 0 Å². The Labute approximate surface area is 118 Å². The minimum atomic E-state index is -0.292. The van der Waals surface area contributed by atoms with Crippen molar-refractivity contribution in [2.24, 2.45) is 18.7 Å². The molecule has 0 radical (unpaired) electrons. The van der Waals surface area contributed by atoms with Gasteiger partial charge in [0.25, 0.3) is 0 Å². The number of hydrogen-bond donors (Lipinski definition) is 1. The van der Waals surface area contributed by atoms with Crippen LogP contribution in [0.1, 0.15) is 44.3 Å². The highest BCUT2D eigenvalue weighted by molar-refractivity contribution is 7.99. The number of thioether (sulfide) groups is 1. The third-order valence-electron chi connectivity index (χ3n) is 3.69. The third kappa shape index (κ3) is 4.23. The largest absolute Gasteiger partial charge is 0.370 e. The van der Waals surface area contributed by atoms with Gasteiger partial charge in [0, 0.05) is 25.6 Å². The Bertz CT molecular complexity index is 426. The highest BCUT2D eigenvalue weighted by atomic mass is 32.2. The Hall–Kier alpha value is -1.04. The summed E-state index contributed by atoms with van der Waals surface area (Å²) in [5, 5.41) is 9.29. The number of nitrogens with two attached hydrogens (primary N) is 1. The van der Waals surface area contributed by atoms with Crippen LogP contribution in [0, 0.1) is 5.92 Å². The zero-order valence-electron chi connectivity index (χ0n) is 11.5. The van der Waals surface area contributed by atoms with Gasteiger partial charge in [0.15, 0.2) is 5.16 Å². The lowest BCUT2D eigenvalue weighted by molar-refractivity contribution is -0.118. The van der Waals surface area contributed by atoms with Gasteiger partial charge in [-0.25, -0.2) is 0 Å². The molecule has 1 fully saturated rings. The van der Waals surface area contributed by atoms with Crippen LogP contribution in [-0.4, -0.2) is 26.4 Å². The fourth-order valence-corrected chi connectivity index (χ4v) is 3.59. The molecule has 2 N–H and O–H groups in total. The molecule has 2 rings (SSSR count). The van der Waals surface area contributed by atoms with E-state index in [2.05, 4.69) is 10.2 Å². The molecule has 1 aromatic rings. The van der Waals surface area contributed by atoms with E-state index in [4.69, 9.17) is 5.73 Å². The van der Waals surface area contributed by atoms with Crippen molar-refractivity contribution in [2.75, 3.05) is 5.75 Å². The molecule has 0 saturated heterocycles. The fourth-order valence-electron chi connectivity index (χ4n) is 2.47. The van der Waals surface area contributed by atoms with Crippen molar-refractivity contribution in [3.63, 3.8) is 0 Å². The maximum atomic E-state index is 10.8. The molecule has 19 heavy (non-hydrogen) atoms. The number of hydrogen-bond acceptors (Lipinski definition) is 4. The second kappa shape index (κ2) is 6.93. The van der Waals surface area contributed by atoms with E-state index in [0.29, 0.717) is 12.8 Å². The molecule has 1 heterocycles. The second-order valence-corrected chi connectivity index (χ2v) is 6.23. The molecule has 1 aromatic heterocycles. The van der Waals surface area contributed by atoms with Crippen molar-refractivity contribution in [1.29, 1.82) is 0 Å². The van der Waals surface area contributed by atoms with Crippen molar-refractivity contribution in [1.82, 2.24) is 14.8 Å². The Morgan fingerprint density at radius 1 is 1.37 bits per heavy atom. The van der Waals surface area contributed by atoms with Gasteiger partial charge in [-0.1, -0.05) is 31.0 Å². The number of primary amides is 1. The number of nitrogens with zero attached hydrogens (tertiary/aromatic N) is 3. The maximum Gasteiger partial charge on any atom is 0.217 e. The fraction of sp³-hybridized carbons (Fsp3) is 0.769. The first kappa shape index (κ1) is 14.4. The van der Waals surface area contributed by atoms with Gasteiger partial charge in [-0.15, -0.1) is 10.2 Å². The van der Waals surface area contributed by atoms with Crippen LogP contribution in [0.3, 0.4) is 0 Å². The van der Waals surface area contributed by atoms with E-state index in [0.717, 1.165) is 22.7 Å². The lowest BCUT2D eigenvalue weighted by Gasteiger charge is -2.20. The highest BCUT2D eigenvalue weighted by Crippen LogP contribution is 2.29. The normalized spacial score (nSPS) is 16.7. The summed E-state index contributed by atoms with van der Waals surface area (Å²) in [6, 6.07) is 0. The standard InChI is InChI=1S/C13H22N4OS/c1-17-12(8-7-11(14)18)15-16-13(17)19-9-10-5-3-2-4-6-10/h10H,2-9H2,1H3,(H2,14,18). The van der Waals surface area contributed by atoms with Crippen molar-refractivity contribution in [3.8, 4) is 0 Å². The van der Waals surface area contributed by atoms with E-state index >= 15 is 0 Å². The molecule has 0 aromatic carbocycles. The van der Waals surface area contributed by atoms with Crippen molar-refractivity contribution in [2.45, 2.75) is 50.1 Å². The molecule has 5 nitrogen and oxygen atoms in total. The summed E-state index contributed by atoms with van der Waals surface area (Å²) in [5.41, 5.74) is 5.15. The first-order valence-corrected chi connectivity index (χ1v) is 7.94. The van der Waals surface area contributed by atoms with Crippen LogP contribution in [0.4, 0.5) is 0 Å². The van der Waals surface area contributed by atoms with Gasteiger partial charge in [-0.05, 0) is 18.8 Å². The third-order valence-corrected chi connectivity index (χ3v) is 4.94. The number of rotatable bonds is 6. The molecular weight excluding hydrogens is 260 g/mol. The monoisotopic (exact) mass is 282 g/mol. The molecule has 0 bridgehead atoms. The number of carbonyl (C=O) groups excluding carboxylic acids is 1. The van der Waals surface area contributed by atoms with Crippen molar-refractivity contribution in [3.05, 3.63) is 5.82 Å². The molecule has 1 aliphatic rings. The summed E-state index contributed by atoms with van der Waals surface area (Å²) in [5.74, 6) is 2.50. The molecule has 1 saturated carbocycles. The SMILES string of the molecule is Cn1c(CCC(N)=O)nnc1SCC1CCCCC1. The van der Waals surface area contributed by atoms with E-state index in [1.54, 1.807) is 11.8 Å². The number of aryl methyl sites for hydroxylation is 1. The molecule has 0 unspecified atom stereocenters. The van der Waals surface area contributed by atoms with E-state index < -0.39 is 0 Å². The Morgan fingerprint density at radius 3 is 2.79 bits per heavy atom. The van der Waals surface area contributed by atoms with Gasteiger partial charge in [-0.2, -0.15) is 0 Å². The van der Waals surface area contributed by atoms with Gasteiger partial charge in [0.05, 0.1) is 0 Å². The first-order chi connectivity index (χ1) is 9.16. The number of amides is 1. The van der Waals surface area contributed by atoms with Gasteiger partial charge in [-0.3, -0.25) is 4.79 Å². The zero-order chi connectivity index (χ0) is 13.7. The quantitative estimate of drug-likeness (QED) is 0.809. The lowest BCUT2D eigenvalue weighted by Crippen LogP contribution is -2.13. The summed E-state index contributed by atoms with van der Waals surface area (Å²) in [4.78, 5) is 10.8. The molecule has 0 spiro atoms. The van der Waals surface area contributed by atoms with E-state index in [-0.39, 0.29) is 5.91 Å². The summed E-state index contributed by atoms with van der Waals surface area (Å²) < 4.78 is 1.98. The molecular formula is C13H22N4OS. The van der Waals surface area contributed by atoms with Crippen molar-refractivity contribution >= 4 is 17.7 Å². The summed E-state index contributed by atoms with van der Waals surface area (Å²) in [7, 11) is 1.96. The number of aromatic nitrogens is 3. The number of carbonyl (C=O) groups is 1. The molecule has 6 heteroatoms. The second-order valence-electron chi connectivity index (χ2n) is 5.24. The minimum Gasteiger partial charge on any atom is -0.370 e. The van der Waals surface area contributed by atoms with Crippen LogP contribution in [0.15, 0.2) is 5.16 Å². The molecule has 1 aliphatic carbocycles. The van der Waals surface area contributed by atoms with Gasteiger partial charge < -0.3 is 10.3 Å². The topological polar surface area (TPSA) is 73.8 Å². The van der Waals surface area contributed by atoms with Crippen LogP contribution in [0.5, 0.6) is 0 Å². The summed E-state index contributed by atoms with van der Waals surface area (Å²) >= 11 is 1.78. The lowest BCUT2D eigenvalue weighted by atomic mass is 9.91. The van der Waals surface area contributed by atoms with E-state index in [9.17, 15) is 4.79 Å². The van der Waals surface area contributed by atoms with Crippen LogP contribution in [0.2, 0.25) is 0 Å². The first-order valence-electron chi connectivity index (χ1n) is 6.96. The zero-order valence-corrected chi connectivity index (χ0v) is 12.3. The van der Waals surface area contributed by atoms with Gasteiger partial charge in [0.2, 0.25) is 5.91 Å². The highest BCUT2D eigenvalue weighted by Gasteiger charge is 2.16. The van der Waals surface area contributed by atoms with Crippen LogP contribution < -0.4 is 5.73 Å². The van der Waals surface area contributed by atoms with Crippen molar-refractivity contribution < 1.29 is 4.79 Å². The Kier molecular flexibility index (Phi) is 5.24. The molecule has 1 amide bonds. The Morgan fingerprint density at radius 2 is 2.11 bits per heavy atom. The van der Waals surface area contributed by atoms with E-state index in [1.165, 1.54) is 32.1 Å². The molecule has 0 atom stereocenters. The predicted molar refractivity (Wildman–Crippen MR) is 75.8 cm³/mol. The smallest absolute Gasteiger partial charge is 0.217 e. The van der Waals surface area contributed by atoms with E-state index in [1.807, 2.05) is 11.6 Å².